The molecule has 0 aliphatic rings. The zero-order chi connectivity index (χ0) is 19.5. The lowest BCUT2D eigenvalue weighted by Crippen LogP contribution is -2.30. The number of esters is 1. The van der Waals surface area contributed by atoms with Gasteiger partial charge in [0.1, 0.15) is 0 Å². The van der Waals surface area contributed by atoms with E-state index in [2.05, 4.69) is 10.6 Å². The van der Waals surface area contributed by atoms with E-state index < -0.39 is 24.0 Å². The summed E-state index contributed by atoms with van der Waals surface area (Å²) in [5, 5.41) is 5.06. The highest BCUT2D eigenvalue weighted by Gasteiger charge is 2.19. The van der Waals surface area contributed by atoms with Gasteiger partial charge in [0, 0.05) is 18.5 Å². The predicted octanol–water partition coefficient (Wildman–Crippen LogP) is 1.99. The number of ether oxygens (including phenoxy) is 1. The van der Waals surface area contributed by atoms with Crippen LogP contribution in [0, 0.1) is 0 Å². The number of para-hydroxylation sites is 1. The van der Waals surface area contributed by atoms with Gasteiger partial charge >= 0.3 is 12.0 Å². The highest BCUT2D eigenvalue weighted by Crippen LogP contribution is 2.16. The molecule has 1 atom stereocenters. The van der Waals surface area contributed by atoms with Crippen LogP contribution in [0.2, 0.25) is 0 Å². The molecule has 8 nitrogen and oxygen atoms in total. The predicted molar refractivity (Wildman–Crippen MR) is 96.7 cm³/mol. The molecule has 3 amide bonds. The molecule has 1 aromatic rings. The van der Waals surface area contributed by atoms with Gasteiger partial charge in [0.25, 0.3) is 5.91 Å². The van der Waals surface area contributed by atoms with Crippen LogP contribution in [0.1, 0.15) is 49.9 Å². The molecule has 0 fully saturated rings. The number of rotatable bonds is 10. The van der Waals surface area contributed by atoms with Gasteiger partial charge in [0.15, 0.2) is 11.9 Å². The van der Waals surface area contributed by atoms with E-state index in [0.717, 1.165) is 6.42 Å². The molecule has 142 valence electrons. The summed E-state index contributed by atoms with van der Waals surface area (Å²) in [6.45, 7) is 3.34. The number of anilines is 1. The van der Waals surface area contributed by atoms with Crippen molar-refractivity contribution in [1.82, 2.24) is 5.32 Å². The van der Waals surface area contributed by atoms with Gasteiger partial charge in [-0.3, -0.25) is 14.4 Å². The largest absolute Gasteiger partial charge is 0.453 e. The number of hydrogen-bond acceptors (Lipinski definition) is 5. The standard InChI is InChI=1S/C18H25N3O5/c1-12(22)14-8-5-6-9-15(14)21-17(24)13(2)26-16(23)10-4-3-7-11-20-18(19)25/h5-6,8-9,13H,3-4,7,10-11H2,1-2H3,(H,21,24)(H3,19,20,25)/t13-/m0/s1. The number of amides is 3. The number of urea groups is 1. The minimum Gasteiger partial charge on any atom is -0.453 e. The van der Waals surface area contributed by atoms with Crippen LogP contribution in [0.3, 0.4) is 0 Å². The number of carbonyl (C=O) groups excluding carboxylic acids is 4. The van der Waals surface area contributed by atoms with Gasteiger partial charge in [0.2, 0.25) is 0 Å². The molecule has 0 aliphatic heterocycles. The molecule has 0 heterocycles. The van der Waals surface area contributed by atoms with E-state index in [-0.39, 0.29) is 12.2 Å². The van der Waals surface area contributed by atoms with Crippen molar-refractivity contribution in [2.45, 2.75) is 45.6 Å². The van der Waals surface area contributed by atoms with Crippen molar-refractivity contribution in [3.05, 3.63) is 29.8 Å². The lowest BCUT2D eigenvalue weighted by Gasteiger charge is -2.15. The van der Waals surface area contributed by atoms with Crippen LogP contribution in [0.15, 0.2) is 24.3 Å². The zero-order valence-corrected chi connectivity index (χ0v) is 15.0. The highest BCUT2D eigenvalue weighted by molar-refractivity contribution is 6.04. The number of hydrogen-bond donors (Lipinski definition) is 3. The van der Waals surface area contributed by atoms with E-state index in [1.807, 2.05) is 0 Å². The average molecular weight is 363 g/mol. The molecule has 1 rings (SSSR count). The van der Waals surface area contributed by atoms with E-state index >= 15 is 0 Å². The van der Waals surface area contributed by atoms with Crippen LogP contribution in [0.25, 0.3) is 0 Å². The Morgan fingerprint density at radius 1 is 1.12 bits per heavy atom. The topological polar surface area (TPSA) is 128 Å². The third-order valence-electron chi connectivity index (χ3n) is 3.60. The van der Waals surface area contributed by atoms with E-state index in [9.17, 15) is 19.2 Å². The SMILES string of the molecule is CC(=O)c1ccccc1NC(=O)[C@H](C)OC(=O)CCCCCNC(N)=O. The average Bonchev–Trinajstić information content (AvgIpc) is 2.57. The molecule has 0 aromatic heterocycles. The highest BCUT2D eigenvalue weighted by atomic mass is 16.5. The van der Waals surface area contributed by atoms with E-state index in [1.54, 1.807) is 24.3 Å². The quantitative estimate of drug-likeness (QED) is 0.333. The van der Waals surface area contributed by atoms with E-state index in [1.165, 1.54) is 13.8 Å². The molecule has 1 aromatic carbocycles. The number of carbonyl (C=O) groups is 4. The Kier molecular flexibility index (Phi) is 8.83. The summed E-state index contributed by atoms with van der Waals surface area (Å²) >= 11 is 0. The summed E-state index contributed by atoms with van der Waals surface area (Å²) in [7, 11) is 0. The number of unbranched alkanes of at least 4 members (excludes halogenated alkanes) is 2. The summed E-state index contributed by atoms with van der Waals surface area (Å²) in [5.74, 6) is -1.15. The van der Waals surface area contributed by atoms with Gasteiger partial charge in [-0.15, -0.1) is 0 Å². The molecule has 0 saturated heterocycles. The fourth-order valence-electron chi connectivity index (χ4n) is 2.23. The number of Topliss-reactive ketones (excluding diaryl/α,β-unsaturated/α-hetero) is 1. The minimum atomic E-state index is -0.973. The zero-order valence-electron chi connectivity index (χ0n) is 15.0. The van der Waals surface area contributed by atoms with Crippen LogP contribution < -0.4 is 16.4 Å². The van der Waals surface area contributed by atoms with Gasteiger partial charge < -0.3 is 21.1 Å². The van der Waals surface area contributed by atoms with Gasteiger partial charge in [-0.25, -0.2) is 4.79 Å². The maximum atomic E-state index is 12.2. The second-order valence-corrected chi connectivity index (χ2v) is 5.82. The Morgan fingerprint density at radius 3 is 2.46 bits per heavy atom. The van der Waals surface area contributed by atoms with Gasteiger partial charge in [0.05, 0.1) is 5.69 Å². The van der Waals surface area contributed by atoms with Crippen LogP contribution in [-0.4, -0.2) is 36.3 Å². The molecule has 0 saturated carbocycles. The summed E-state index contributed by atoms with van der Waals surface area (Å²) in [4.78, 5) is 46.0. The van der Waals surface area contributed by atoms with Gasteiger partial charge in [-0.1, -0.05) is 18.6 Å². The molecule has 0 bridgehead atoms. The summed E-state index contributed by atoms with van der Waals surface area (Å²) < 4.78 is 5.10. The first-order valence-electron chi connectivity index (χ1n) is 8.45. The molecule has 0 radical (unpaired) electrons. The molecule has 8 heteroatoms. The van der Waals surface area contributed by atoms with Crippen molar-refractivity contribution in [3.63, 3.8) is 0 Å². The first kappa shape index (κ1) is 21.1. The van der Waals surface area contributed by atoms with Crippen LogP contribution in [-0.2, 0) is 14.3 Å². The lowest BCUT2D eigenvalue weighted by atomic mass is 10.1. The normalized spacial score (nSPS) is 11.3. The van der Waals surface area contributed by atoms with E-state index in [0.29, 0.717) is 30.6 Å². The Morgan fingerprint density at radius 2 is 1.81 bits per heavy atom. The maximum Gasteiger partial charge on any atom is 0.312 e. The van der Waals surface area contributed by atoms with Crippen LogP contribution >= 0.6 is 0 Å². The molecule has 0 spiro atoms. The maximum absolute atomic E-state index is 12.2. The van der Waals surface area contributed by atoms with Crippen molar-refractivity contribution < 1.29 is 23.9 Å². The minimum absolute atomic E-state index is 0.170. The monoisotopic (exact) mass is 363 g/mol. The molecular formula is C18H25N3O5. The summed E-state index contributed by atoms with van der Waals surface area (Å²) in [5.41, 5.74) is 5.72. The van der Waals surface area contributed by atoms with Crippen molar-refractivity contribution >= 4 is 29.4 Å². The molecule has 0 unspecified atom stereocenters. The van der Waals surface area contributed by atoms with Crippen molar-refractivity contribution in [1.29, 1.82) is 0 Å². The fourth-order valence-corrected chi connectivity index (χ4v) is 2.23. The Labute approximate surface area is 152 Å². The second kappa shape index (κ2) is 10.9. The van der Waals surface area contributed by atoms with Crippen molar-refractivity contribution in [2.24, 2.45) is 5.73 Å². The Bertz CT molecular complexity index is 660. The van der Waals surface area contributed by atoms with Crippen molar-refractivity contribution in [2.75, 3.05) is 11.9 Å². The Hall–Kier alpha value is -2.90. The molecule has 26 heavy (non-hydrogen) atoms. The number of nitrogens with one attached hydrogen (secondary N) is 2. The third kappa shape index (κ3) is 7.78. The molecule has 0 aliphatic carbocycles. The smallest absolute Gasteiger partial charge is 0.312 e. The Balaban J connectivity index is 2.37. The number of nitrogens with two attached hydrogens (primary N) is 1. The third-order valence-corrected chi connectivity index (χ3v) is 3.60. The second-order valence-electron chi connectivity index (χ2n) is 5.82. The first-order valence-corrected chi connectivity index (χ1v) is 8.45. The summed E-state index contributed by atoms with van der Waals surface area (Å²) in [6.07, 6.45) is 1.22. The lowest BCUT2D eigenvalue weighted by molar-refractivity contribution is -0.153. The molecule has 4 N–H and O–H groups in total. The number of primary amides is 1. The number of benzene rings is 1. The number of ketones is 1. The molecular weight excluding hydrogens is 338 g/mol. The van der Waals surface area contributed by atoms with Crippen molar-refractivity contribution in [3.8, 4) is 0 Å². The van der Waals surface area contributed by atoms with Gasteiger partial charge in [-0.2, -0.15) is 0 Å². The van der Waals surface area contributed by atoms with Gasteiger partial charge in [-0.05, 0) is 38.8 Å². The fraction of sp³-hybridized carbons (Fsp3) is 0.444. The summed E-state index contributed by atoms with van der Waals surface area (Å²) in [6, 6.07) is 6.06. The van der Waals surface area contributed by atoms with Crippen LogP contribution in [0.4, 0.5) is 10.5 Å². The van der Waals surface area contributed by atoms with E-state index in [4.69, 9.17) is 10.5 Å². The first-order chi connectivity index (χ1) is 12.3. The van der Waals surface area contributed by atoms with Crippen LogP contribution in [0.5, 0.6) is 0 Å².